The van der Waals surface area contributed by atoms with Crippen LogP contribution < -0.4 is 4.74 Å². The van der Waals surface area contributed by atoms with Crippen molar-refractivity contribution in [1.29, 1.82) is 0 Å². The van der Waals surface area contributed by atoms with Gasteiger partial charge < -0.3 is 9.47 Å². The second-order valence-corrected chi connectivity index (χ2v) is 8.96. The van der Waals surface area contributed by atoms with Gasteiger partial charge in [0.15, 0.2) is 0 Å². The molecule has 0 N–H and O–H groups in total. The van der Waals surface area contributed by atoms with Crippen LogP contribution in [0.5, 0.6) is 5.75 Å². The van der Waals surface area contributed by atoms with Gasteiger partial charge in [-0.2, -0.15) is 0 Å². The lowest BCUT2D eigenvalue weighted by Gasteiger charge is -2.12. The summed E-state index contributed by atoms with van der Waals surface area (Å²) in [6.45, 7) is 4.71. The van der Waals surface area contributed by atoms with E-state index in [1.165, 1.54) is 57.8 Å². The van der Waals surface area contributed by atoms with E-state index in [-0.39, 0.29) is 11.1 Å². The quantitative estimate of drug-likeness (QED) is 0.134. The Labute approximate surface area is 206 Å². The smallest absolute Gasteiger partial charge is 0.344 e. The highest BCUT2D eigenvalue weighted by Crippen LogP contribution is 2.22. The Morgan fingerprint density at radius 1 is 0.618 bits per heavy atom. The van der Waals surface area contributed by atoms with Crippen molar-refractivity contribution >= 4 is 11.9 Å². The third-order valence-electron chi connectivity index (χ3n) is 6.04. The van der Waals surface area contributed by atoms with E-state index in [1.54, 1.807) is 30.3 Å². The maximum Gasteiger partial charge on any atom is 0.344 e. The number of aryl methyl sites for hydroxylation is 1. The van der Waals surface area contributed by atoms with Crippen LogP contribution in [0.2, 0.25) is 0 Å². The molecule has 2 aromatic rings. The number of rotatable bonds is 17. The Bertz CT molecular complexity index is 858. The first-order valence-electron chi connectivity index (χ1n) is 13.2. The molecule has 186 valence electrons. The predicted octanol–water partition coefficient (Wildman–Crippen LogP) is 8.33. The summed E-state index contributed by atoms with van der Waals surface area (Å²) in [5.41, 5.74) is 1.47. The second kappa shape index (κ2) is 16.9. The fraction of sp³-hybridized carbons (Fsp3) is 0.533. The van der Waals surface area contributed by atoms with E-state index < -0.39 is 11.9 Å². The van der Waals surface area contributed by atoms with Crippen LogP contribution in [0.1, 0.15) is 117 Å². The van der Waals surface area contributed by atoms with Crippen molar-refractivity contribution < 1.29 is 19.1 Å². The molecule has 0 fully saturated rings. The van der Waals surface area contributed by atoms with Crippen molar-refractivity contribution in [3.8, 4) is 5.75 Å². The molecule has 4 nitrogen and oxygen atoms in total. The number of esters is 2. The molecular weight excluding hydrogens is 424 g/mol. The van der Waals surface area contributed by atoms with Crippen LogP contribution in [0.3, 0.4) is 0 Å². The van der Waals surface area contributed by atoms with E-state index in [0.717, 1.165) is 31.2 Å². The number of hydrogen-bond acceptors (Lipinski definition) is 4. The molecule has 2 rings (SSSR count). The standard InChI is InChI=1S/C30H42O4/c1-3-5-6-7-8-9-10-11-12-13-18-24-33-29(31)26-21-15-16-22-27(26)30(32)34-28-23-17-14-20-25(28)19-4-2/h14-17,20-23H,3-13,18-19,24H2,1-2H3. The molecule has 0 bridgehead atoms. The molecular formula is C30H42O4. The maximum absolute atomic E-state index is 12.8. The first-order valence-corrected chi connectivity index (χ1v) is 13.2. The molecule has 0 heterocycles. The van der Waals surface area contributed by atoms with Gasteiger partial charge in [-0.3, -0.25) is 0 Å². The Kier molecular flexibility index (Phi) is 13.7. The van der Waals surface area contributed by atoms with Gasteiger partial charge in [-0.15, -0.1) is 0 Å². The van der Waals surface area contributed by atoms with Gasteiger partial charge in [0.2, 0.25) is 0 Å². The SMILES string of the molecule is CCCCCCCCCCCCCOC(=O)c1ccccc1C(=O)Oc1ccccc1CCC. The van der Waals surface area contributed by atoms with E-state index in [9.17, 15) is 9.59 Å². The number of hydrogen-bond donors (Lipinski definition) is 0. The topological polar surface area (TPSA) is 52.6 Å². The van der Waals surface area contributed by atoms with Gasteiger partial charge >= 0.3 is 11.9 Å². The van der Waals surface area contributed by atoms with Crippen molar-refractivity contribution in [2.75, 3.05) is 6.61 Å². The summed E-state index contributed by atoms with van der Waals surface area (Å²) < 4.78 is 11.1. The molecule has 0 unspecified atom stereocenters. The van der Waals surface area contributed by atoms with Crippen LogP contribution in [0, 0.1) is 0 Å². The molecule has 0 spiro atoms. The largest absolute Gasteiger partial charge is 0.462 e. The average Bonchev–Trinajstić information content (AvgIpc) is 2.86. The Balaban J connectivity index is 1.73. The molecule has 0 saturated heterocycles. The van der Waals surface area contributed by atoms with Gasteiger partial charge in [0, 0.05) is 0 Å². The van der Waals surface area contributed by atoms with Crippen LogP contribution in [0.4, 0.5) is 0 Å². The van der Waals surface area contributed by atoms with Crippen molar-refractivity contribution in [3.63, 3.8) is 0 Å². The Morgan fingerprint density at radius 3 is 1.76 bits per heavy atom. The Hall–Kier alpha value is -2.62. The maximum atomic E-state index is 12.8. The molecule has 2 aromatic carbocycles. The van der Waals surface area contributed by atoms with E-state index >= 15 is 0 Å². The molecule has 0 aliphatic rings. The highest BCUT2D eigenvalue weighted by molar-refractivity contribution is 6.03. The monoisotopic (exact) mass is 466 g/mol. The fourth-order valence-corrected chi connectivity index (χ4v) is 4.08. The van der Waals surface area contributed by atoms with Gasteiger partial charge in [0.1, 0.15) is 5.75 Å². The molecule has 0 radical (unpaired) electrons. The molecule has 0 aliphatic heterocycles. The van der Waals surface area contributed by atoms with Crippen molar-refractivity contribution in [2.24, 2.45) is 0 Å². The van der Waals surface area contributed by atoms with Gasteiger partial charge in [0.25, 0.3) is 0 Å². The summed E-state index contributed by atoms with van der Waals surface area (Å²) in [7, 11) is 0. The van der Waals surface area contributed by atoms with Gasteiger partial charge in [0.05, 0.1) is 17.7 Å². The lowest BCUT2D eigenvalue weighted by molar-refractivity contribution is 0.0489. The first-order chi connectivity index (χ1) is 16.7. The van der Waals surface area contributed by atoms with Crippen LogP contribution in [0.15, 0.2) is 48.5 Å². The molecule has 34 heavy (non-hydrogen) atoms. The summed E-state index contributed by atoms with van der Waals surface area (Å²) >= 11 is 0. The van der Waals surface area contributed by atoms with Crippen LogP contribution >= 0.6 is 0 Å². The van der Waals surface area contributed by atoms with E-state index in [1.807, 2.05) is 18.2 Å². The van der Waals surface area contributed by atoms with Gasteiger partial charge in [-0.25, -0.2) is 9.59 Å². The lowest BCUT2D eigenvalue weighted by atomic mass is 10.1. The van der Waals surface area contributed by atoms with E-state index in [0.29, 0.717) is 12.4 Å². The number of unbranched alkanes of at least 4 members (excludes halogenated alkanes) is 10. The zero-order chi connectivity index (χ0) is 24.4. The van der Waals surface area contributed by atoms with Crippen LogP contribution in [-0.4, -0.2) is 18.5 Å². The summed E-state index contributed by atoms with van der Waals surface area (Å²) in [6, 6.07) is 14.2. The van der Waals surface area contributed by atoms with Gasteiger partial charge in [-0.1, -0.05) is 115 Å². The third kappa shape index (κ3) is 10.1. The number of para-hydroxylation sites is 1. The summed E-state index contributed by atoms with van der Waals surface area (Å²) in [5.74, 6) is -0.467. The van der Waals surface area contributed by atoms with E-state index in [2.05, 4.69) is 13.8 Å². The molecule has 0 aromatic heterocycles. The molecule has 0 amide bonds. The van der Waals surface area contributed by atoms with E-state index in [4.69, 9.17) is 9.47 Å². The highest BCUT2D eigenvalue weighted by atomic mass is 16.5. The third-order valence-corrected chi connectivity index (χ3v) is 6.04. The van der Waals surface area contributed by atoms with Crippen molar-refractivity contribution in [2.45, 2.75) is 97.3 Å². The lowest BCUT2D eigenvalue weighted by Crippen LogP contribution is -2.16. The Morgan fingerprint density at radius 2 is 1.15 bits per heavy atom. The zero-order valence-corrected chi connectivity index (χ0v) is 21.2. The van der Waals surface area contributed by atoms with Gasteiger partial charge in [-0.05, 0) is 36.6 Å². The number of ether oxygens (including phenoxy) is 2. The second-order valence-electron chi connectivity index (χ2n) is 8.96. The average molecular weight is 467 g/mol. The predicted molar refractivity (Wildman–Crippen MR) is 139 cm³/mol. The van der Waals surface area contributed by atoms with Crippen LogP contribution in [-0.2, 0) is 11.2 Å². The number of benzene rings is 2. The fourth-order valence-electron chi connectivity index (χ4n) is 4.08. The minimum absolute atomic E-state index is 0.234. The normalized spacial score (nSPS) is 10.8. The zero-order valence-electron chi connectivity index (χ0n) is 21.2. The minimum atomic E-state index is -0.536. The summed E-state index contributed by atoms with van der Waals surface area (Å²) in [6.07, 6.45) is 15.5. The molecule has 0 saturated carbocycles. The highest BCUT2D eigenvalue weighted by Gasteiger charge is 2.20. The summed E-state index contributed by atoms with van der Waals surface area (Å²) in [4.78, 5) is 25.5. The molecule has 0 aliphatic carbocycles. The first kappa shape index (κ1) is 27.6. The molecule has 4 heteroatoms. The minimum Gasteiger partial charge on any atom is -0.462 e. The number of carbonyl (C=O) groups excluding carboxylic acids is 2. The van der Waals surface area contributed by atoms with Crippen molar-refractivity contribution in [1.82, 2.24) is 0 Å². The van der Waals surface area contributed by atoms with Crippen molar-refractivity contribution in [3.05, 3.63) is 65.2 Å². The molecule has 0 atom stereocenters. The number of carbonyl (C=O) groups is 2. The summed E-state index contributed by atoms with van der Waals surface area (Å²) in [5, 5.41) is 0. The van der Waals surface area contributed by atoms with Crippen LogP contribution in [0.25, 0.3) is 0 Å².